The third-order valence-electron chi connectivity index (χ3n) is 10.7. The number of amides is 1. The van der Waals surface area contributed by atoms with Crippen molar-refractivity contribution in [2.24, 2.45) is 0 Å². The first-order valence-electron chi connectivity index (χ1n) is 16.7. The third-order valence-corrected chi connectivity index (χ3v) is 11.1. The van der Waals surface area contributed by atoms with Gasteiger partial charge in [0.15, 0.2) is 0 Å². The second-order valence-electron chi connectivity index (χ2n) is 14.0. The summed E-state index contributed by atoms with van der Waals surface area (Å²) in [5.74, 6) is 0.128. The number of alkyl halides is 3. The summed E-state index contributed by atoms with van der Waals surface area (Å²) in [7, 11) is 3.16. The van der Waals surface area contributed by atoms with Gasteiger partial charge in [-0.05, 0) is 49.4 Å². The van der Waals surface area contributed by atoms with Crippen molar-refractivity contribution in [2.45, 2.75) is 75.3 Å². The Balaban J connectivity index is 1.25. The molecule has 258 valence electrons. The van der Waals surface area contributed by atoms with Crippen molar-refractivity contribution >= 4 is 29.0 Å². The first kappa shape index (κ1) is 33.2. The number of hydrogen-bond acceptors (Lipinski definition) is 8. The van der Waals surface area contributed by atoms with Crippen molar-refractivity contribution in [1.29, 1.82) is 5.41 Å². The summed E-state index contributed by atoms with van der Waals surface area (Å²) in [6.45, 7) is 3.31. The average Bonchev–Trinajstić information content (AvgIpc) is 3.64. The van der Waals surface area contributed by atoms with E-state index in [1.165, 1.54) is 11.0 Å². The minimum absolute atomic E-state index is 0.0322. The third kappa shape index (κ3) is 5.96. The molecular formula is C34H42ClF3N7O3+. The second kappa shape index (κ2) is 12.9. The smallest absolute Gasteiger partial charge is 0.318 e. The van der Waals surface area contributed by atoms with Crippen LogP contribution in [-0.4, -0.2) is 96.5 Å². The molecule has 7 rings (SSSR count). The van der Waals surface area contributed by atoms with E-state index in [1.54, 1.807) is 26.2 Å². The minimum atomic E-state index is -2.59. The number of nitrogens with zero attached hydrogens (tertiary/aromatic N) is 5. The van der Waals surface area contributed by atoms with Crippen molar-refractivity contribution in [3.05, 3.63) is 56.9 Å². The minimum Gasteiger partial charge on any atom is -0.461 e. The molecule has 48 heavy (non-hydrogen) atoms. The quantitative estimate of drug-likeness (QED) is 0.428. The largest absolute Gasteiger partial charge is 0.461 e. The van der Waals surface area contributed by atoms with Crippen LogP contribution in [0.4, 0.5) is 19.0 Å². The summed E-state index contributed by atoms with van der Waals surface area (Å²) in [6.07, 6.45) is 1.26. The van der Waals surface area contributed by atoms with E-state index in [-0.39, 0.29) is 41.1 Å². The van der Waals surface area contributed by atoms with E-state index >= 15 is 0 Å². The Bertz CT molecular complexity index is 1660. The molecule has 4 aliphatic heterocycles. The van der Waals surface area contributed by atoms with Crippen LogP contribution in [0.15, 0.2) is 28.9 Å². The van der Waals surface area contributed by atoms with Gasteiger partial charge in [-0.3, -0.25) is 15.1 Å². The summed E-state index contributed by atoms with van der Waals surface area (Å²) in [5, 5.41) is 10.5. The van der Waals surface area contributed by atoms with Crippen LogP contribution in [0.1, 0.15) is 66.5 Å². The van der Waals surface area contributed by atoms with E-state index in [0.717, 1.165) is 48.2 Å². The SMILES string of the molecule is CN(C)C(=O)C(=N)/C(Cl)=C1/CN(c2nc(OC[C@@]34CCCN3C[C@H](F)C4)nc3c2COC2(CCc4ccc(C(F)F)cc42)C3)CCC[NH2+]1. The lowest BCUT2D eigenvalue weighted by atomic mass is 9.86. The Hall–Kier alpha value is -3.26. The lowest BCUT2D eigenvalue weighted by Crippen LogP contribution is -2.83. The maximum atomic E-state index is 14.6. The number of aryl methyl sites for hydroxylation is 1. The number of rotatable bonds is 7. The van der Waals surface area contributed by atoms with Crippen LogP contribution in [0.2, 0.25) is 0 Å². The number of nitrogens with two attached hydrogens (primary N) is 1. The van der Waals surface area contributed by atoms with E-state index in [1.807, 2.05) is 5.32 Å². The maximum Gasteiger partial charge on any atom is 0.318 e. The fraction of sp³-hybridized carbons (Fsp3) is 0.588. The Morgan fingerprint density at radius 2 is 2.08 bits per heavy atom. The number of nitrogens with one attached hydrogen (secondary N) is 1. The van der Waals surface area contributed by atoms with Crippen LogP contribution < -0.4 is 15.0 Å². The molecule has 1 amide bonds. The Kier molecular flexibility index (Phi) is 8.93. The van der Waals surface area contributed by atoms with Gasteiger partial charge in [-0.2, -0.15) is 9.97 Å². The number of halogens is 4. The fourth-order valence-electron chi connectivity index (χ4n) is 8.20. The van der Waals surface area contributed by atoms with Gasteiger partial charge in [0.2, 0.25) is 0 Å². The number of hydrogen-bond donors (Lipinski definition) is 2. The molecule has 3 fully saturated rings. The van der Waals surface area contributed by atoms with E-state index in [4.69, 9.17) is 36.5 Å². The topological polar surface area (TPSA) is 111 Å². The highest BCUT2D eigenvalue weighted by Crippen LogP contribution is 2.48. The maximum absolute atomic E-state index is 14.6. The van der Waals surface area contributed by atoms with Gasteiger partial charge in [0, 0.05) is 57.6 Å². The van der Waals surface area contributed by atoms with Crippen molar-refractivity contribution in [2.75, 3.05) is 58.3 Å². The second-order valence-corrected chi connectivity index (χ2v) is 14.4. The van der Waals surface area contributed by atoms with Crippen molar-refractivity contribution in [3.63, 3.8) is 0 Å². The van der Waals surface area contributed by atoms with Crippen LogP contribution in [0.25, 0.3) is 0 Å². The molecule has 1 aliphatic carbocycles. The van der Waals surface area contributed by atoms with Crippen LogP contribution in [0.3, 0.4) is 0 Å². The van der Waals surface area contributed by atoms with Gasteiger partial charge >= 0.3 is 6.01 Å². The first-order valence-corrected chi connectivity index (χ1v) is 17.1. The van der Waals surface area contributed by atoms with Crippen LogP contribution in [0, 0.1) is 5.41 Å². The number of quaternary nitrogens is 1. The Morgan fingerprint density at radius 3 is 2.88 bits per heavy atom. The number of ether oxygens (including phenoxy) is 2. The molecule has 0 radical (unpaired) electrons. The van der Waals surface area contributed by atoms with Gasteiger partial charge in [-0.15, -0.1) is 0 Å². The summed E-state index contributed by atoms with van der Waals surface area (Å²) >= 11 is 6.68. The molecule has 1 unspecified atom stereocenters. The predicted molar refractivity (Wildman–Crippen MR) is 173 cm³/mol. The van der Waals surface area contributed by atoms with Crippen LogP contribution in [-0.2, 0) is 34.6 Å². The molecule has 3 N–H and O–H groups in total. The Morgan fingerprint density at radius 1 is 1.25 bits per heavy atom. The predicted octanol–water partition coefficient (Wildman–Crippen LogP) is 3.62. The number of anilines is 1. The molecule has 0 saturated carbocycles. The first-order chi connectivity index (χ1) is 23.0. The van der Waals surface area contributed by atoms with E-state index in [2.05, 4.69) is 9.80 Å². The molecule has 2 aromatic rings. The average molecular weight is 689 g/mol. The molecule has 1 aromatic carbocycles. The molecule has 5 heterocycles. The zero-order valence-corrected chi connectivity index (χ0v) is 28.1. The van der Waals surface area contributed by atoms with Gasteiger partial charge in [0.05, 0.1) is 36.5 Å². The monoisotopic (exact) mass is 688 g/mol. The molecule has 1 aromatic heterocycles. The standard InChI is InChI=1S/C34H41ClF3N7O3/c1-43(2)31(46)28(39)27(35)26-17-44(11-4-10-40-26)30-23-18-48-34(9-7-20-5-6-21(29(37)38)13-24(20)34)15-25(23)41-32(42-30)47-19-33-8-3-12-45(33)16-22(36)14-33/h5-6,13,22,29,39-40H,3-4,7-12,14-19H2,1-2H3/p+1/b27-26+,39-28?/t22-,33+,34?/m1/s1. The highest BCUT2D eigenvalue weighted by molar-refractivity contribution is 6.58. The molecule has 10 nitrogen and oxygen atoms in total. The summed E-state index contributed by atoms with van der Waals surface area (Å²) in [6, 6.07) is 5.03. The van der Waals surface area contributed by atoms with Crippen LogP contribution >= 0.6 is 11.6 Å². The van der Waals surface area contributed by atoms with Gasteiger partial charge in [-0.25, -0.2) is 13.2 Å². The zero-order valence-electron chi connectivity index (χ0n) is 27.3. The number of benzene rings is 1. The van der Waals surface area contributed by atoms with E-state index in [9.17, 15) is 18.0 Å². The van der Waals surface area contributed by atoms with E-state index < -0.39 is 24.1 Å². The molecule has 1 spiro atoms. The molecule has 14 heteroatoms. The number of fused-ring (bicyclic) bond motifs is 4. The highest BCUT2D eigenvalue weighted by Gasteiger charge is 2.50. The van der Waals surface area contributed by atoms with Gasteiger partial charge in [0.1, 0.15) is 35.0 Å². The molecule has 0 bridgehead atoms. The highest BCUT2D eigenvalue weighted by atomic mass is 35.5. The number of carbonyl (C=O) groups is 1. The van der Waals surface area contributed by atoms with Crippen molar-refractivity contribution in [1.82, 2.24) is 19.8 Å². The number of aromatic nitrogens is 2. The Labute approximate surface area is 283 Å². The lowest BCUT2D eigenvalue weighted by Gasteiger charge is -2.37. The molecule has 5 aliphatic rings. The van der Waals surface area contributed by atoms with Gasteiger partial charge in [-0.1, -0.05) is 23.7 Å². The van der Waals surface area contributed by atoms with E-state index in [0.29, 0.717) is 63.4 Å². The van der Waals surface area contributed by atoms with Gasteiger partial charge in [0.25, 0.3) is 12.3 Å². The number of carbonyl (C=O) groups excluding carboxylic acids is 1. The normalized spacial score (nSPS) is 27.9. The summed E-state index contributed by atoms with van der Waals surface area (Å²) in [4.78, 5) is 28.0. The summed E-state index contributed by atoms with van der Waals surface area (Å²) in [5.41, 5.74) is 2.45. The lowest BCUT2D eigenvalue weighted by molar-refractivity contribution is -0.605. The molecule has 3 atom stereocenters. The molecular weight excluding hydrogens is 647 g/mol. The molecule has 3 saturated heterocycles. The zero-order chi connectivity index (χ0) is 33.8. The van der Waals surface area contributed by atoms with Gasteiger partial charge < -0.3 is 24.6 Å². The van der Waals surface area contributed by atoms with Crippen molar-refractivity contribution < 1.29 is 32.8 Å². The van der Waals surface area contributed by atoms with Crippen LogP contribution in [0.5, 0.6) is 6.01 Å². The van der Waals surface area contributed by atoms with Crippen molar-refractivity contribution in [3.8, 4) is 6.01 Å². The fourth-order valence-corrected chi connectivity index (χ4v) is 8.41. The summed E-state index contributed by atoms with van der Waals surface area (Å²) < 4.78 is 55.1.